The number of carbonyl (C=O) groups excluding carboxylic acids is 1. The highest BCUT2D eigenvalue weighted by atomic mass is 16.3. The summed E-state index contributed by atoms with van der Waals surface area (Å²) in [4.78, 5) is 17.1. The van der Waals surface area contributed by atoms with Crippen molar-refractivity contribution in [1.82, 2.24) is 9.80 Å². The van der Waals surface area contributed by atoms with Crippen molar-refractivity contribution in [3.05, 3.63) is 35.6 Å². The van der Waals surface area contributed by atoms with Crippen LogP contribution in [0.5, 0.6) is 0 Å². The van der Waals surface area contributed by atoms with Gasteiger partial charge in [0.1, 0.15) is 5.58 Å². The molecule has 2 aromatic rings. The van der Waals surface area contributed by atoms with Gasteiger partial charge >= 0.3 is 0 Å². The molecule has 4 rings (SSSR count). The summed E-state index contributed by atoms with van der Waals surface area (Å²) in [5.74, 6) is 0.445. The van der Waals surface area contributed by atoms with Crippen LogP contribution in [-0.4, -0.2) is 59.1 Å². The van der Waals surface area contributed by atoms with Crippen LogP contribution in [0.3, 0.4) is 0 Å². The number of aliphatic hydroxyl groups is 1. The van der Waals surface area contributed by atoms with E-state index in [1.54, 1.807) is 0 Å². The molecule has 1 aromatic carbocycles. The second-order valence-electron chi connectivity index (χ2n) is 6.95. The number of benzene rings is 1. The fourth-order valence-electron chi connectivity index (χ4n) is 4.13. The Morgan fingerprint density at radius 3 is 2.58 bits per heavy atom. The third kappa shape index (κ3) is 2.62. The van der Waals surface area contributed by atoms with Gasteiger partial charge in [-0.25, -0.2) is 0 Å². The molecule has 1 saturated carbocycles. The molecule has 2 fully saturated rings. The average molecular weight is 328 g/mol. The zero-order chi connectivity index (χ0) is 16.7. The molecule has 1 aliphatic carbocycles. The van der Waals surface area contributed by atoms with E-state index in [0.717, 1.165) is 48.9 Å². The third-order valence-electron chi connectivity index (χ3n) is 5.55. The molecular formula is C19H24N2O3. The minimum Gasteiger partial charge on any atom is -0.451 e. The fraction of sp³-hybridized carbons (Fsp3) is 0.526. The van der Waals surface area contributed by atoms with Gasteiger partial charge in [-0.3, -0.25) is 9.69 Å². The number of para-hydroxylation sites is 1. The maximum Gasteiger partial charge on any atom is 0.289 e. The number of hydrogen-bond donors (Lipinski definition) is 1. The Kier molecular flexibility index (Phi) is 4.06. The van der Waals surface area contributed by atoms with Crippen LogP contribution >= 0.6 is 0 Å². The first-order valence-electron chi connectivity index (χ1n) is 8.84. The lowest BCUT2D eigenvalue weighted by molar-refractivity contribution is 0.0302. The number of aliphatic hydroxyl groups excluding tert-OH is 1. The fourth-order valence-corrected chi connectivity index (χ4v) is 4.13. The van der Waals surface area contributed by atoms with Crippen molar-refractivity contribution < 1.29 is 14.3 Å². The van der Waals surface area contributed by atoms with Crippen molar-refractivity contribution in [3.8, 4) is 0 Å². The van der Waals surface area contributed by atoms with Crippen molar-refractivity contribution in [1.29, 1.82) is 0 Å². The highest BCUT2D eigenvalue weighted by Crippen LogP contribution is 2.28. The highest BCUT2D eigenvalue weighted by molar-refractivity contribution is 5.98. The molecule has 128 valence electrons. The maximum absolute atomic E-state index is 12.8. The van der Waals surface area contributed by atoms with Crippen molar-refractivity contribution in [2.75, 3.05) is 26.2 Å². The lowest BCUT2D eigenvalue weighted by atomic mass is 10.1. The standard InChI is InChI=1S/C19H24N2O3/c1-13-14-5-2-3-8-17(14)24-18(13)19(23)21-11-9-20(10-12-21)15-6-4-7-16(15)22/h2-3,5,8,15-16,22H,4,6-7,9-12H2,1H3/t15-,16+/m1/s1. The van der Waals surface area contributed by atoms with E-state index in [0.29, 0.717) is 18.8 Å². The van der Waals surface area contributed by atoms with E-state index in [-0.39, 0.29) is 18.1 Å². The molecule has 1 saturated heterocycles. The highest BCUT2D eigenvalue weighted by Gasteiger charge is 2.34. The SMILES string of the molecule is Cc1c(C(=O)N2CCN([C@@H]3CCC[C@@H]3O)CC2)oc2ccccc12. The molecule has 5 heteroatoms. The zero-order valence-electron chi connectivity index (χ0n) is 14.1. The Hall–Kier alpha value is -1.85. The Morgan fingerprint density at radius 1 is 1.17 bits per heavy atom. The molecule has 0 bridgehead atoms. The molecule has 1 aliphatic heterocycles. The topological polar surface area (TPSA) is 56.9 Å². The van der Waals surface area contributed by atoms with E-state index >= 15 is 0 Å². The van der Waals surface area contributed by atoms with Crippen molar-refractivity contribution in [2.45, 2.75) is 38.3 Å². The van der Waals surface area contributed by atoms with Crippen LogP contribution in [0, 0.1) is 6.92 Å². The van der Waals surface area contributed by atoms with E-state index in [1.807, 2.05) is 36.1 Å². The summed E-state index contributed by atoms with van der Waals surface area (Å²) in [6.45, 7) is 4.99. The van der Waals surface area contributed by atoms with E-state index in [9.17, 15) is 9.90 Å². The van der Waals surface area contributed by atoms with Gasteiger partial charge in [-0.2, -0.15) is 0 Å². The number of aryl methyl sites for hydroxylation is 1. The molecule has 24 heavy (non-hydrogen) atoms. The largest absolute Gasteiger partial charge is 0.451 e. The lowest BCUT2D eigenvalue weighted by Gasteiger charge is -2.38. The molecule has 1 N–H and O–H groups in total. The van der Waals surface area contributed by atoms with Crippen LogP contribution in [0.4, 0.5) is 0 Å². The van der Waals surface area contributed by atoms with Gasteiger partial charge in [0.05, 0.1) is 6.10 Å². The Morgan fingerprint density at radius 2 is 1.92 bits per heavy atom. The molecule has 2 heterocycles. The van der Waals surface area contributed by atoms with Crippen LogP contribution in [0.15, 0.2) is 28.7 Å². The molecule has 1 amide bonds. The Labute approximate surface area is 141 Å². The first-order valence-corrected chi connectivity index (χ1v) is 8.84. The summed E-state index contributed by atoms with van der Waals surface area (Å²) in [6, 6.07) is 8.05. The molecule has 2 aliphatic rings. The number of carbonyl (C=O) groups is 1. The smallest absolute Gasteiger partial charge is 0.289 e. The van der Waals surface area contributed by atoms with Gasteiger partial charge < -0.3 is 14.4 Å². The Bertz CT molecular complexity index is 746. The lowest BCUT2D eigenvalue weighted by Crippen LogP contribution is -2.53. The summed E-state index contributed by atoms with van der Waals surface area (Å²) in [6.07, 6.45) is 2.87. The number of nitrogens with zero attached hydrogens (tertiary/aromatic N) is 2. The van der Waals surface area contributed by atoms with E-state index in [1.165, 1.54) is 0 Å². The van der Waals surface area contributed by atoms with E-state index in [2.05, 4.69) is 4.90 Å². The number of amides is 1. The number of piperazine rings is 1. The van der Waals surface area contributed by atoms with E-state index in [4.69, 9.17) is 4.42 Å². The van der Waals surface area contributed by atoms with E-state index < -0.39 is 0 Å². The maximum atomic E-state index is 12.8. The van der Waals surface area contributed by atoms with Gasteiger partial charge in [0.25, 0.3) is 5.91 Å². The average Bonchev–Trinajstić information content (AvgIpc) is 3.18. The van der Waals surface area contributed by atoms with Crippen molar-refractivity contribution in [3.63, 3.8) is 0 Å². The molecule has 2 atom stereocenters. The first-order chi connectivity index (χ1) is 11.6. The summed E-state index contributed by atoms with van der Waals surface area (Å²) >= 11 is 0. The molecule has 1 aromatic heterocycles. The predicted octanol–water partition coefficient (Wildman–Crippen LogP) is 2.41. The Balaban J connectivity index is 1.47. The van der Waals surface area contributed by atoms with Crippen LogP contribution in [0.1, 0.15) is 35.4 Å². The van der Waals surface area contributed by atoms with Crippen LogP contribution in [0.2, 0.25) is 0 Å². The van der Waals surface area contributed by atoms with Crippen LogP contribution in [-0.2, 0) is 0 Å². The second-order valence-corrected chi connectivity index (χ2v) is 6.95. The van der Waals surface area contributed by atoms with Gasteiger partial charge in [-0.05, 0) is 32.3 Å². The van der Waals surface area contributed by atoms with Crippen molar-refractivity contribution in [2.24, 2.45) is 0 Å². The minimum atomic E-state index is -0.204. The van der Waals surface area contributed by atoms with Gasteiger partial charge in [0, 0.05) is 43.2 Å². The second kappa shape index (κ2) is 6.22. The molecular weight excluding hydrogens is 304 g/mol. The molecule has 0 radical (unpaired) electrons. The zero-order valence-corrected chi connectivity index (χ0v) is 14.1. The van der Waals surface area contributed by atoms with Gasteiger partial charge in [0.15, 0.2) is 5.76 Å². The van der Waals surface area contributed by atoms with Gasteiger partial charge in [-0.15, -0.1) is 0 Å². The molecule has 0 unspecified atom stereocenters. The third-order valence-corrected chi connectivity index (χ3v) is 5.55. The first kappa shape index (κ1) is 15.7. The predicted molar refractivity (Wildman–Crippen MR) is 92.1 cm³/mol. The number of furan rings is 1. The van der Waals surface area contributed by atoms with Gasteiger partial charge in [-0.1, -0.05) is 18.2 Å². The van der Waals surface area contributed by atoms with Crippen LogP contribution < -0.4 is 0 Å². The van der Waals surface area contributed by atoms with Crippen molar-refractivity contribution >= 4 is 16.9 Å². The molecule has 5 nitrogen and oxygen atoms in total. The normalized spacial score (nSPS) is 25.5. The summed E-state index contributed by atoms with van der Waals surface area (Å²) in [5.41, 5.74) is 1.69. The minimum absolute atomic E-state index is 0.0182. The summed E-state index contributed by atoms with van der Waals surface area (Å²) < 4.78 is 5.81. The quantitative estimate of drug-likeness (QED) is 0.920. The molecule has 0 spiro atoms. The van der Waals surface area contributed by atoms with Gasteiger partial charge in [0.2, 0.25) is 0 Å². The number of hydrogen-bond acceptors (Lipinski definition) is 4. The monoisotopic (exact) mass is 328 g/mol. The summed E-state index contributed by atoms with van der Waals surface area (Å²) in [7, 11) is 0. The number of rotatable bonds is 2. The summed E-state index contributed by atoms with van der Waals surface area (Å²) in [5, 5.41) is 11.1. The number of fused-ring (bicyclic) bond motifs is 1. The van der Waals surface area contributed by atoms with Crippen LogP contribution in [0.25, 0.3) is 11.0 Å².